The largest absolute Gasteiger partial charge is 0.478 e. The van der Waals surface area contributed by atoms with E-state index in [4.69, 9.17) is 10.5 Å². The van der Waals surface area contributed by atoms with Gasteiger partial charge >= 0.3 is 0 Å². The molecule has 0 aliphatic carbocycles. The van der Waals surface area contributed by atoms with E-state index >= 15 is 0 Å². The third-order valence-electron chi connectivity index (χ3n) is 2.37. The Morgan fingerprint density at radius 3 is 2.88 bits per heavy atom. The van der Waals surface area contributed by atoms with E-state index in [2.05, 4.69) is 28.7 Å². The quantitative estimate of drug-likeness (QED) is 0.742. The van der Waals surface area contributed by atoms with Crippen molar-refractivity contribution >= 4 is 5.95 Å². The molecule has 1 aromatic rings. The Morgan fingerprint density at radius 1 is 1.41 bits per heavy atom. The van der Waals surface area contributed by atoms with Crippen molar-refractivity contribution in [3.05, 3.63) is 12.3 Å². The number of ether oxygens (including phenoxy) is 1. The molecule has 1 aromatic heterocycles. The zero-order valence-corrected chi connectivity index (χ0v) is 10.7. The number of hydrogen-bond acceptors (Lipinski definition) is 5. The first-order chi connectivity index (χ1) is 8.31. The minimum atomic E-state index is 0.642. The lowest BCUT2D eigenvalue weighted by atomic mass is 10.4. The van der Waals surface area contributed by atoms with Gasteiger partial charge in [-0.3, -0.25) is 0 Å². The second kappa shape index (κ2) is 7.84. The van der Waals surface area contributed by atoms with Gasteiger partial charge in [-0.15, -0.1) is 0 Å². The Morgan fingerprint density at radius 2 is 2.24 bits per heavy atom. The molecule has 0 spiro atoms. The van der Waals surface area contributed by atoms with Gasteiger partial charge in [0.2, 0.25) is 11.8 Å². The van der Waals surface area contributed by atoms with Gasteiger partial charge in [0, 0.05) is 25.4 Å². The highest BCUT2D eigenvalue weighted by atomic mass is 16.5. The highest BCUT2D eigenvalue weighted by molar-refractivity contribution is 5.31. The van der Waals surface area contributed by atoms with Crippen LogP contribution in [0.1, 0.15) is 26.7 Å². The first-order valence-electron chi connectivity index (χ1n) is 6.22. The second-order valence-electron chi connectivity index (χ2n) is 3.77. The molecule has 0 unspecified atom stereocenters. The van der Waals surface area contributed by atoms with E-state index in [1.54, 1.807) is 12.3 Å². The summed E-state index contributed by atoms with van der Waals surface area (Å²) in [4.78, 5) is 10.8. The first kappa shape index (κ1) is 13.7. The van der Waals surface area contributed by atoms with E-state index in [9.17, 15) is 0 Å². The predicted octanol–water partition coefficient (Wildman–Crippen LogP) is 1.44. The normalized spacial score (nSPS) is 10.3. The average Bonchev–Trinajstić information content (AvgIpc) is 2.38. The number of nitrogens with zero attached hydrogens (tertiary/aromatic N) is 3. The number of hydrogen-bond donors (Lipinski definition) is 1. The van der Waals surface area contributed by atoms with Crippen molar-refractivity contribution in [2.75, 3.05) is 31.1 Å². The molecular weight excluding hydrogens is 216 g/mol. The van der Waals surface area contributed by atoms with E-state index in [0.717, 1.165) is 31.9 Å². The van der Waals surface area contributed by atoms with Gasteiger partial charge in [-0.05, 0) is 26.3 Å². The van der Waals surface area contributed by atoms with Gasteiger partial charge in [0.1, 0.15) is 0 Å². The molecule has 96 valence electrons. The Bertz CT molecular complexity index is 319. The molecule has 0 aliphatic heterocycles. The number of aromatic nitrogens is 2. The SMILES string of the molecule is CCCOc1ccnc(N(CC)CCCN)n1. The molecule has 1 heterocycles. The zero-order chi connectivity index (χ0) is 12.5. The van der Waals surface area contributed by atoms with E-state index in [1.165, 1.54) is 0 Å². The number of anilines is 1. The lowest BCUT2D eigenvalue weighted by Gasteiger charge is -2.20. The highest BCUT2D eigenvalue weighted by Crippen LogP contribution is 2.12. The minimum Gasteiger partial charge on any atom is -0.478 e. The summed E-state index contributed by atoms with van der Waals surface area (Å²) in [5.41, 5.74) is 5.51. The molecule has 0 aliphatic rings. The van der Waals surface area contributed by atoms with Gasteiger partial charge in [0.05, 0.1) is 6.61 Å². The lowest BCUT2D eigenvalue weighted by Crippen LogP contribution is -2.27. The van der Waals surface area contributed by atoms with E-state index in [0.29, 0.717) is 19.0 Å². The maximum atomic E-state index is 5.51. The van der Waals surface area contributed by atoms with Crippen LogP contribution in [0.3, 0.4) is 0 Å². The van der Waals surface area contributed by atoms with Crippen LogP contribution in [0.25, 0.3) is 0 Å². The van der Waals surface area contributed by atoms with Crippen molar-refractivity contribution in [1.82, 2.24) is 9.97 Å². The maximum Gasteiger partial charge on any atom is 0.228 e. The summed E-state index contributed by atoms with van der Waals surface area (Å²) in [7, 11) is 0. The molecule has 5 nitrogen and oxygen atoms in total. The molecule has 0 aromatic carbocycles. The molecule has 0 saturated carbocycles. The summed E-state index contributed by atoms with van der Waals surface area (Å²) in [6.45, 7) is 7.27. The van der Waals surface area contributed by atoms with Crippen LogP contribution in [0.4, 0.5) is 5.95 Å². The summed E-state index contributed by atoms with van der Waals surface area (Å²) in [5, 5.41) is 0. The highest BCUT2D eigenvalue weighted by Gasteiger charge is 2.07. The molecule has 0 bridgehead atoms. The van der Waals surface area contributed by atoms with Gasteiger partial charge in [0.15, 0.2) is 0 Å². The van der Waals surface area contributed by atoms with Crippen molar-refractivity contribution in [1.29, 1.82) is 0 Å². The number of nitrogens with two attached hydrogens (primary N) is 1. The van der Waals surface area contributed by atoms with Crippen LogP contribution in [-0.2, 0) is 0 Å². The average molecular weight is 238 g/mol. The van der Waals surface area contributed by atoms with Crippen molar-refractivity contribution in [3.63, 3.8) is 0 Å². The maximum absolute atomic E-state index is 5.51. The van der Waals surface area contributed by atoms with Gasteiger partial charge in [-0.2, -0.15) is 4.98 Å². The molecule has 0 fully saturated rings. The predicted molar refractivity (Wildman–Crippen MR) is 69.4 cm³/mol. The molecule has 0 radical (unpaired) electrons. The summed E-state index contributed by atoms with van der Waals surface area (Å²) < 4.78 is 5.49. The molecular formula is C12H22N4O. The van der Waals surface area contributed by atoms with Crippen molar-refractivity contribution in [3.8, 4) is 5.88 Å². The molecule has 2 N–H and O–H groups in total. The lowest BCUT2D eigenvalue weighted by molar-refractivity contribution is 0.304. The van der Waals surface area contributed by atoms with E-state index in [1.807, 2.05) is 0 Å². The Labute approximate surface area is 103 Å². The molecule has 0 atom stereocenters. The van der Waals surface area contributed by atoms with Crippen LogP contribution < -0.4 is 15.4 Å². The van der Waals surface area contributed by atoms with Crippen molar-refractivity contribution in [2.24, 2.45) is 5.73 Å². The summed E-state index contributed by atoms with van der Waals surface area (Å²) >= 11 is 0. The summed E-state index contributed by atoms with van der Waals surface area (Å²) in [5.74, 6) is 1.36. The molecule has 5 heteroatoms. The van der Waals surface area contributed by atoms with Crippen LogP contribution >= 0.6 is 0 Å². The third kappa shape index (κ3) is 4.56. The van der Waals surface area contributed by atoms with Crippen LogP contribution in [0.5, 0.6) is 5.88 Å². The van der Waals surface area contributed by atoms with Crippen LogP contribution in [0.2, 0.25) is 0 Å². The van der Waals surface area contributed by atoms with E-state index < -0.39 is 0 Å². The first-order valence-corrected chi connectivity index (χ1v) is 6.22. The molecule has 17 heavy (non-hydrogen) atoms. The molecule has 0 amide bonds. The fourth-order valence-corrected chi connectivity index (χ4v) is 1.45. The molecule has 0 saturated heterocycles. The third-order valence-corrected chi connectivity index (χ3v) is 2.37. The van der Waals surface area contributed by atoms with Gasteiger partial charge < -0.3 is 15.4 Å². The van der Waals surface area contributed by atoms with Crippen LogP contribution in [0.15, 0.2) is 12.3 Å². The Balaban J connectivity index is 2.66. The van der Waals surface area contributed by atoms with Crippen LogP contribution in [0, 0.1) is 0 Å². The Kier molecular flexibility index (Phi) is 6.32. The van der Waals surface area contributed by atoms with Crippen molar-refractivity contribution < 1.29 is 4.74 Å². The standard InChI is InChI=1S/C12H22N4O/c1-3-10-17-11-6-8-14-12(15-11)16(4-2)9-5-7-13/h6,8H,3-5,7,9-10,13H2,1-2H3. The minimum absolute atomic E-state index is 0.642. The fraction of sp³-hybridized carbons (Fsp3) is 0.667. The Hall–Kier alpha value is -1.36. The second-order valence-corrected chi connectivity index (χ2v) is 3.77. The fourth-order valence-electron chi connectivity index (χ4n) is 1.45. The van der Waals surface area contributed by atoms with Crippen molar-refractivity contribution in [2.45, 2.75) is 26.7 Å². The van der Waals surface area contributed by atoms with Gasteiger partial charge in [-0.1, -0.05) is 6.92 Å². The summed E-state index contributed by atoms with van der Waals surface area (Å²) in [6.07, 6.45) is 3.65. The zero-order valence-electron chi connectivity index (χ0n) is 10.7. The van der Waals surface area contributed by atoms with Crippen LogP contribution in [-0.4, -0.2) is 36.2 Å². The number of rotatable bonds is 8. The topological polar surface area (TPSA) is 64.3 Å². The molecule has 1 rings (SSSR count). The van der Waals surface area contributed by atoms with E-state index in [-0.39, 0.29) is 0 Å². The monoisotopic (exact) mass is 238 g/mol. The van der Waals surface area contributed by atoms with Gasteiger partial charge in [0.25, 0.3) is 0 Å². The summed E-state index contributed by atoms with van der Waals surface area (Å²) in [6, 6.07) is 1.79. The van der Waals surface area contributed by atoms with Gasteiger partial charge in [-0.25, -0.2) is 4.98 Å². The smallest absolute Gasteiger partial charge is 0.228 e.